The SMILES string of the molecule is CCCCOC(=O)c1cccc(NC(=O)CCC(=O)OCC(=O)c2ccc(F)cc2)c1. The van der Waals surface area contributed by atoms with E-state index in [1.165, 1.54) is 18.2 Å². The molecule has 0 radical (unpaired) electrons. The molecule has 164 valence electrons. The lowest BCUT2D eigenvalue weighted by atomic mass is 10.1. The molecule has 0 aliphatic heterocycles. The van der Waals surface area contributed by atoms with Gasteiger partial charge in [0.25, 0.3) is 0 Å². The van der Waals surface area contributed by atoms with Crippen LogP contribution in [0, 0.1) is 5.82 Å². The van der Waals surface area contributed by atoms with Crippen LogP contribution in [0.5, 0.6) is 0 Å². The molecule has 2 aromatic rings. The maximum absolute atomic E-state index is 12.9. The molecule has 2 rings (SSSR count). The summed E-state index contributed by atoms with van der Waals surface area (Å²) in [6, 6.07) is 11.2. The lowest BCUT2D eigenvalue weighted by molar-refractivity contribution is -0.143. The summed E-state index contributed by atoms with van der Waals surface area (Å²) in [7, 11) is 0. The van der Waals surface area contributed by atoms with E-state index in [1.54, 1.807) is 18.2 Å². The van der Waals surface area contributed by atoms with E-state index in [0.717, 1.165) is 25.0 Å². The van der Waals surface area contributed by atoms with Gasteiger partial charge in [-0.3, -0.25) is 14.4 Å². The van der Waals surface area contributed by atoms with Gasteiger partial charge in [-0.15, -0.1) is 0 Å². The topological polar surface area (TPSA) is 98.8 Å². The average Bonchev–Trinajstić information content (AvgIpc) is 2.76. The lowest BCUT2D eigenvalue weighted by Crippen LogP contribution is -2.17. The van der Waals surface area contributed by atoms with Gasteiger partial charge in [-0.05, 0) is 48.9 Å². The molecule has 0 aromatic heterocycles. The number of hydrogen-bond acceptors (Lipinski definition) is 6. The van der Waals surface area contributed by atoms with E-state index in [4.69, 9.17) is 9.47 Å². The van der Waals surface area contributed by atoms with Crippen molar-refractivity contribution in [2.75, 3.05) is 18.5 Å². The number of unbranched alkanes of at least 4 members (excludes halogenated alkanes) is 1. The van der Waals surface area contributed by atoms with Crippen LogP contribution in [0.4, 0.5) is 10.1 Å². The van der Waals surface area contributed by atoms with Crippen molar-refractivity contribution in [3.63, 3.8) is 0 Å². The Bertz CT molecular complexity index is 926. The van der Waals surface area contributed by atoms with Gasteiger partial charge in [0.05, 0.1) is 18.6 Å². The van der Waals surface area contributed by atoms with Gasteiger partial charge in [0, 0.05) is 17.7 Å². The lowest BCUT2D eigenvalue weighted by Gasteiger charge is -2.08. The van der Waals surface area contributed by atoms with Crippen molar-refractivity contribution in [2.24, 2.45) is 0 Å². The molecular formula is C23H24FNO6. The first-order valence-corrected chi connectivity index (χ1v) is 9.90. The van der Waals surface area contributed by atoms with Crippen molar-refractivity contribution in [3.8, 4) is 0 Å². The molecule has 8 heteroatoms. The van der Waals surface area contributed by atoms with Gasteiger partial charge in [-0.1, -0.05) is 19.4 Å². The summed E-state index contributed by atoms with van der Waals surface area (Å²) < 4.78 is 22.9. The van der Waals surface area contributed by atoms with E-state index in [1.807, 2.05) is 6.92 Å². The molecule has 0 aliphatic carbocycles. The van der Waals surface area contributed by atoms with Gasteiger partial charge in [0.2, 0.25) is 5.91 Å². The Balaban J connectivity index is 1.75. The predicted molar refractivity (Wildman–Crippen MR) is 111 cm³/mol. The number of Topliss-reactive ketones (excluding diaryl/α,β-unsaturated/α-hetero) is 1. The third-order valence-electron chi connectivity index (χ3n) is 4.20. The Morgan fingerprint density at radius 3 is 2.39 bits per heavy atom. The predicted octanol–water partition coefficient (Wildman–Crippen LogP) is 3.93. The average molecular weight is 429 g/mol. The summed E-state index contributed by atoms with van der Waals surface area (Å²) in [5, 5.41) is 2.60. The second kappa shape index (κ2) is 12.2. The van der Waals surface area contributed by atoms with Crippen LogP contribution in [0.3, 0.4) is 0 Å². The summed E-state index contributed by atoms with van der Waals surface area (Å²) >= 11 is 0. The normalized spacial score (nSPS) is 10.3. The zero-order valence-corrected chi connectivity index (χ0v) is 17.2. The summed E-state index contributed by atoms with van der Waals surface area (Å²) in [5.41, 5.74) is 0.933. The van der Waals surface area contributed by atoms with Crippen LogP contribution in [0.1, 0.15) is 53.3 Å². The number of nitrogens with one attached hydrogen (secondary N) is 1. The van der Waals surface area contributed by atoms with E-state index in [-0.39, 0.29) is 18.4 Å². The minimum atomic E-state index is -0.709. The maximum Gasteiger partial charge on any atom is 0.338 e. The molecule has 7 nitrogen and oxygen atoms in total. The quantitative estimate of drug-likeness (QED) is 0.330. The summed E-state index contributed by atoms with van der Waals surface area (Å²) in [4.78, 5) is 47.7. The van der Waals surface area contributed by atoms with Crippen molar-refractivity contribution in [3.05, 3.63) is 65.5 Å². The van der Waals surface area contributed by atoms with Crippen LogP contribution >= 0.6 is 0 Å². The highest BCUT2D eigenvalue weighted by molar-refractivity contribution is 5.98. The number of hydrogen-bond donors (Lipinski definition) is 1. The van der Waals surface area contributed by atoms with Crippen molar-refractivity contribution in [1.29, 1.82) is 0 Å². The fraction of sp³-hybridized carbons (Fsp3) is 0.304. The highest BCUT2D eigenvalue weighted by Gasteiger charge is 2.13. The number of amides is 1. The number of benzene rings is 2. The Morgan fingerprint density at radius 1 is 0.935 bits per heavy atom. The van der Waals surface area contributed by atoms with Gasteiger partial charge in [-0.25, -0.2) is 9.18 Å². The summed E-state index contributed by atoms with van der Waals surface area (Å²) in [6.45, 7) is 1.83. The van der Waals surface area contributed by atoms with Crippen LogP contribution in [-0.2, 0) is 19.1 Å². The van der Waals surface area contributed by atoms with E-state index in [9.17, 15) is 23.6 Å². The van der Waals surface area contributed by atoms with Gasteiger partial charge in [0.15, 0.2) is 12.4 Å². The molecule has 1 amide bonds. The Morgan fingerprint density at radius 2 is 1.68 bits per heavy atom. The molecule has 0 fully saturated rings. The van der Waals surface area contributed by atoms with Crippen LogP contribution in [-0.4, -0.2) is 36.8 Å². The first-order valence-electron chi connectivity index (χ1n) is 9.90. The second-order valence-electron chi connectivity index (χ2n) is 6.71. The number of ketones is 1. The fourth-order valence-corrected chi connectivity index (χ4v) is 2.49. The number of halogens is 1. The van der Waals surface area contributed by atoms with Gasteiger partial charge >= 0.3 is 11.9 Å². The van der Waals surface area contributed by atoms with E-state index < -0.39 is 36.1 Å². The maximum atomic E-state index is 12.9. The smallest absolute Gasteiger partial charge is 0.338 e. The van der Waals surface area contributed by atoms with Crippen molar-refractivity contribution in [1.82, 2.24) is 0 Å². The van der Waals surface area contributed by atoms with Crippen molar-refractivity contribution < 1.29 is 33.0 Å². The van der Waals surface area contributed by atoms with E-state index in [0.29, 0.717) is 17.9 Å². The molecule has 0 saturated heterocycles. The molecule has 2 aromatic carbocycles. The first-order chi connectivity index (χ1) is 14.9. The molecule has 0 bridgehead atoms. The molecule has 31 heavy (non-hydrogen) atoms. The largest absolute Gasteiger partial charge is 0.462 e. The number of ether oxygens (including phenoxy) is 2. The number of anilines is 1. The Kier molecular flexibility index (Phi) is 9.35. The molecule has 0 aliphatic rings. The zero-order valence-electron chi connectivity index (χ0n) is 17.2. The van der Waals surface area contributed by atoms with Gasteiger partial charge in [0.1, 0.15) is 5.82 Å². The zero-order chi connectivity index (χ0) is 22.6. The monoisotopic (exact) mass is 429 g/mol. The number of carbonyl (C=O) groups is 4. The molecule has 0 heterocycles. The van der Waals surface area contributed by atoms with Crippen LogP contribution in [0.2, 0.25) is 0 Å². The summed E-state index contributed by atoms with van der Waals surface area (Å²) in [5.74, 6) is -2.57. The van der Waals surface area contributed by atoms with Crippen molar-refractivity contribution >= 4 is 29.3 Å². The van der Waals surface area contributed by atoms with E-state index in [2.05, 4.69) is 5.32 Å². The van der Waals surface area contributed by atoms with Crippen molar-refractivity contribution in [2.45, 2.75) is 32.6 Å². The molecular weight excluding hydrogens is 405 g/mol. The molecule has 0 saturated carbocycles. The standard InChI is InChI=1S/C23H24FNO6/c1-2-3-13-30-23(29)17-5-4-6-19(14-17)25-21(27)11-12-22(28)31-15-20(26)16-7-9-18(24)10-8-16/h4-10,14H,2-3,11-13,15H2,1H3,(H,25,27). The van der Waals surface area contributed by atoms with Gasteiger partial charge < -0.3 is 14.8 Å². The molecule has 0 unspecified atom stereocenters. The number of esters is 2. The summed E-state index contributed by atoms with van der Waals surface area (Å²) in [6.07, 6.45) is 1.30. The second-order valence-corrected chi connectivity index (χ2v) is 6.71. The number of rotatable bonds is 11. The Hall–Kier alpha value is -3.55. The minimum Gasteiger partial charge on any atom is -0.462 e. The number of carbonyl (C=O) groups excluding carboxylic acids is 4. The molecule has 1 N–H and O–H groups in total. The first kappa shape index (κ1) is 23.7. The molecule has 0 spiro atoms. The fourth-order valence-electron chi connectivity index (χ4n) is 2.49. The highest BCUT2D eigenvalue weighted by atomic mass is 19.1. The third-order valence-corrected chi connectivity index (χ3v) is 4.20. The van der Waals surface area contributed by atoms with Crippen LogP contribution in [0.25, 0.3) is 0 Å². The minimum absolute atomic E-state index is 0.158. The van der Waals surface area contributed by atoms with E-state index >= 15 is 0 Å². The van der Waals surface area contributed by atoms with Crippen LogP contribution < -0.4 is 5.32 Å². The van der Waals surface area contributed by atoms with Crippen LogP contribution in [0.15, 0.2) is 48.5 Å². The molecule has 0 atom stereocenters. The van der Waals surface area contributed by atoms with Gasteiger partial charge in [-0.2, -0.15) is 0 Å². The Labute approximate surface area is 179 Å². The highest BCUT2D eigenvalue weighted by Crippen LogP contribution is 2.13. The third kappa shape index (κ3) is 8.38.